The molecule has 0 spiro atoms. The summed E-state index contributed by atoms with van der Waals surface area (Å²) in [6.45, 7) is 3.53. The van der Waals surface area contributed by atoms with E-state index in [0.29, 0.717) is 26.2 Å². The van der Waals surface area contributed by atoms with Crippen LogP contribution in [0.4, 0.5) is 10.2 Å². The molecule has 0 N–H and O–H groups in total. The molecule has 3 aromatic rings. The molecule has 0 atom stereocenters. The van der Waals surface area contributed by atoms with Crippen molar-refractivity contribution in [3.8, 4) is 0 Å². The first-order valence-corrected chi connectivity index (χ1v) is 9.97. The van der Waals surface area contributed by atoms with E-state index in [1.807, 2.05) is 18.9 Å². The van der Waals surface area contributed by atoms with Crippen molar-refractivity contribution in [2.24, 2.45) is 7.05 Å². The van der Waals surface area contributed by atoms with Gasteiger partial charge in [0.05, 0.1) is 10.6 Å². The van der Waals surface area contributed by atoms with Gasteiger partial charge in [-0.05, 0) is 31.2 Å². The minimum atomic E-state index is -3.64. The predicted octanol–water partition coefficient (Wildman–Crippen LogP) is 1.32. The lowest BCUT2D eigenvalue weighted by atomic mass is 10.3. The molecule has 0 saturated carbocycles. The topological polar surface area (TPSA) is 84.2 Å². The fraction of sp³-hybridized carbons (Fsp3) is 0.353. The molecule has 1 fully saturated rings. The van der Waals surface area contributed by atoms with E-state index in [1.165, 1.54) is 22.8 Å². The van der Waals surface area contributed by atoms with Crippen molar-refractivity contribution in [2.75, 3.05) is 31.1 Å². The van der Waals surface area contributed by atoms with E-state index in [4.69, 9.17) is 0 Å². The molecule has 4 rings (SSSR count). The second kappa shape index (κ2) is 6.54. The third-order valence-electron chi connectivity index (χ3n) is 4.76. The average molecular weight is 390 g/mol. The first kappa shape index (κ1) is 17.8. The Morgan fingerprint density at radius 3 is 2.37 bits per heavy atom. The van der Waals surface area contributed by atoms with Crippen molar-refractivity contribution in [3.63, 3.8) is 0 Å². The highest BCUT2D eigenvalue weighted by Gasteiger charge is 2.30. The summed E-state index contributed by atoms with van der Waals surface area (Å²) in [5.41, 5.74) is 2.46. The first-order chi connectivity index (χ1) is 12.9. The maximum Gasteiger partial charge on any atom is 0.243 e. The van der Waals surface area contributed by atoms with Gasteiger partial charge in [-0.1, -0.05) is 0 Å². The van der Waals surface area contributed by atoms with Gasteiger partial charge in [0.2, 0.25) is 10.0 Å². The van der Waals surface area contributed by atoms with E-state index in [1.54, 1.807) is 4.68 Å². The van der Waals surface area contributed by atoms with Gasteiger partial charge >= 0.3 is 0 Å². The van der Waals surface area contributed by atoms with Crippen molar-refractivity contribution < 1.29 is 12.8 Å². The molecule has 0 bridgehead atoms. The molecule has 0 amide bonds. The van der Waals surface area contributed by atoms with E-state index in [9.17, 15) is 12.8 Å². The molecule has 27 heavy (non-hydrogen) atoms. The Balaban J connectivity index is 1.57. The Hall–Kier alpha value is -2.59. The minimum Gasteiger partial charge on any atom is -0.352 e. The SMILES string of the molecule is Cc1nn(C)c2c(N3CCN(S(=O)(=O)c4ccc(F)cc4)CC3)ncnc12. The van der Waals surface area contributed by atoms with Gasteiger partial charge in [-0.3, -0.25) is 4.68 Å². The average Bonchev–Trinajstić information content (AvgIpc) is 2.96. The van der Waals surface area contributed by atoms with Gasteiger partial charge in [0.25, 0.3) is 0 Å². The Kier molecular flexibility index (Phi) is 4.31. The zero-order valence-corrected chi connectivity index (χ0v) is 15.8. The fourth-order valence-corrected chi connectivity index (χ4v) is 4.80. The predicted molar refractivity (Wildman–Crippen MR) is 98.4 cm³/mol. The summed E-state index contributed by atoms with van der Waals surface area (Å²) in [6, 6.07) is 4.91. The maximum absolute atomic E-state index is 13.1. The number of anilines is 1. The van der Waals surface area contributed by atoms with E-state index in [-0.39, 0.29) is 4.90 Å². The van der Waals surface area contributed by atoms with Crippen LogP contribution in [0.2, 0.25) is 0 Å². The van der Waals surface area contributed by atoms with Crippen molar-refractivity contribution >= 4 is 26.9 Å². The first-order valence-electron chi connectivity index (χ1n) is 8.53. The van der Waals surface area contributed by atoms with E-state index < -0.39 is 15.8 Å². The number of halogens is 1. The molecule has 1 saturated heterocycles. The lowest BCUT2D eigenvalue weighted by Crippen LogP contribution is -2.49. The van der Waals surface area contributed by atoms with Gasteiger partial charge in [-0.25, -0.2) is 22.8 Å². The Bertz CT molecular complexity index is 1090. The van der Waals surface area contributed by atoms with Gasteiger partial charge in [0, 0.05) is 33.2 Å². The van der Waals surface area contributed by atoms with Gasteiger partial charge in [-0.2, -0.15) is 9.40 Å². The molecule has 3 heterocycles. The monoisotopic (exact) mass is 390 g/mol. The van der Waals surface area contributed by atoms with Gasteiger partial charge in [0.15, 0.2) is 5.82 Å². The highest BCUT2D eigenvalue weighted by atomic mass is 32.2. The standard InChI is InChI=1S/C17H19FN6O2S/c1-12-15-16(22(2)21-12)17(20-11-19-15)23-7-9-24(10-8-23)27(25,26)14-5-3-13(18)4-6-14/h3-6,11H,7-10H2,1-2H3. The number of aromatic nitrogens is 4. The van der Waals surface area contributed by atoms with Crippen LogP contribution in [0, 0.1) is 12.7 Å². The number of hydrogen-bond donors (Lipinski definition) is 0. The smallest absolute Gasteiger partial charge is 0.243 e. The molecule has 8 nitrogen and oxygen atoms in total. The van der Waals surface area contributed by atoms with Gasteiger partial charge < -0.3 is 4.90 Å². The lowest BCUT2D eigenvalue weighted by Gasteiger charge is -2.34. The molecule has 1 aromatic carbocycles. The quantitative estimate of drug-likeness (QED) is 0.671. The molecule has 0 aliphatic carbocycles. The number of hydrogen-bond acceptors (Lipinski definition) is 6. The maximum atomic E-state index is 13.1. The van der Waals surface area contributed by atoms with Crippen LogP contribution in [0.5, 0.6) is 0 Å². The molecule has 0 radical (unpaired) electrons. The molecular formula is C17H19FN6O2S. The van der Waals surface area contributed by atoms with Crippen LogP contribution in [0.25, 0.3) is 11.0 Å². The van der Waals surface area contributed by atoms with Crippen molar-refractivity contribution in [3.05, 3.63) is 42.1 Å². The second-order valence-corrected chi connectivity index (χ2v) is 8.39. The van der Waals surface area contributed by atoms with E-state index in [0.717, 1.165) is 34.7 Å². The lowest BCUT2D eigenvalue weighted by molar-refractivity contribution is 0.384. The zero-order chi connectivity index (χ0) is 19.2. The number of piperazine rings is 1. The molecule has 2 aromatic heterocycles. The van der Waals surface area contributed by atoms with E-state index in [2.05, 4.69) is 15.1 Å². The normalized spacial score (nSPS) is 16.2. The van der Waals surface area contributed by atoms with Gasteiger partial charge in [0.1, 0.15) is 23.2 Å². The summed E-state index contributed by atoms with van der Waals surface area (Å²) >= 11 is 0. The van der Waals surface area contributed by atoms with Crippen molar-refractivity contribution in [1.29, 1.82) is 0 Å². The minimum absolute atomic E-state index is 0.101. The number of rotatable bonds is 3. The third kappa shape index (κ3) is 3.04. The van der Waals surface area contributed by atoms with Crippen molar-refractivity contribution in [1.82, 2.24) is 24.1 Å². The Morgan fingerprint density at radius 2 is 1.70 bits per heavy atom. The molecule has 1 aliphatic heterocycles. The summed E-state index contributed by atoms with van der Waals surface area (Å²) in [6.07, 6.45) is 1.51. The number of benzene rings is 1. The van der Waals surface area contributed by atoms with Crippen LogP contribution in [0.1, 0.15) is 5.69 Å². The highest BCUT2D eigenvalue weighted by Crippen LogP contribution is 2.26. The Labute approximate surface area is 156 Å². The summed E-state index contributed by atoms with van der Waals surface area (Å²) in [4.78, 5) is 10.8. The zero-order valence-electron chi connectivity index (χ0n) is 15.0. The summed E-state index contributed by atoms with van der Waals surface area (Å²) in [7, 11) is -1.80. The van der Waals surface area contributed by atoms with Crippen molar-refractivity contribution in [2.45, 2.75) is 11.8 Å². The summed E-state index contributed by atoms with van der Waals surface area (Å²) < 4.78 is 41.8. The molecular weight excluding hydrogens is 371 g/mol. The van der Waals surface area contributed by atoms with Crippen LogP contribution in [0.3, 0.4) is 0 Å². The molecule has 142 valence electrons. The second-order valence-electron chi connectivity index (χ2n) is 6.45. The van der Waals surface area contributed by atoms with Crippen LogP contribution in [-0.2, 0) is 17.1 Å². The van der Waals surface area contributed by atoms with Crippen LogP contribution in [-0.4, -0.2) is 58.7 Å². The number of nitrogens with zero attached hydrogens (tertiary/aromatic N) is 6. The number of fused-ring (bicyclic) bond motifs is 1. The third-order valence-corrected chi connectivity index (χ3v) is 6.67. The number of aryl methyl sites for hydroxylation is 2. The Morgan fingerprint density at radius 1 is 1.04 bits per heavy atom. The fourth-order valence-electron chi connectivity index (χ4n) is 3.38. The highest BCUT2D eigenvalue weighted by molar-refractivity contribution is 7.89. The number of sulfonamides is 1. The molecule has 1 aliphatic rings. The largest absolute Gasteiger partial charge is 0.352 e. The molecule has 0 unspecified atom stereocenters. The summed E-state index contributed by atoms with van der Waals surface area (Å²) in [5.74, 6) is 0.292. The van der Waals surface area contributed by atoms with E-state index >= 15 is 0 Å². The van der Waals surface area contributed by atoms with Gasteiger partial charge in [-0.15, -0.1) is 0 Å². The summed E-state index contributed by atoms with van der Waals surface area (Å²) in [5, 5.41) is 4.40. The van der Waals surface area contributed by atoms with Crippen LogP contribution < -0.4 is 4.90 Å². The molecule has 10 heteroatoms. The van der Waals surface area contributed by atoms with Crippen LogP contribution in [0.15, 0.2) is 35.5 Å². The van der Waals surface area contributed by atoms with Crippen LogP contribution >= 0.6 is 0 Å².